The molecule has 0 nitrogen and oxygen atoms in total. The Balaban J connectivity index is 0. The largest absolute Gasteiger partial charge is 2.00 e. The molecular weight excluding hydrogens is 454 g/mol. The van der Waals surface area contributed by atoms with Crippen molar-refractivity contribution in [3.63, 3.8) is 0 Å². The molecule has 0 aliphatic rings. The van der Waals surface area contributed by atoms with E-state index in [0.717, 1.165) is 0 Å². The van der Waals surface area contributed by atoms with Crippen molar-refractivity contribution in [2.45, 2.75) is 69.2 Å². The van der Waals surface area contributed by atoms with Crippen LogP contribution in [0.5, 0.6) is 0 Å². The second-order valence-electron chi connectivity index (χ2n) is 8.10. The smallest absolute Gasteiger partial charge is 0.177 e. The minimum Gasteiger partial charge on any atom is -0.177 e. The summed E-state index contributed by atoms with van der Waals surface area (Å²) in [7, 11) is 0.832. The molecule has 0 aliphatic carbocycles. The first-order chi connectivity index (χ1) is 14.1. The minimum atomic E-state index is 0. The van der Waals surface area contributed by atoms with Gasteiger partial charge in [-0.15, -0.1) is 15.8 Å². The average Bonchev–Trinajstić information content (AvgIpc) is 2.64. The van der Waals surface area contributed by atoms with Gasteiger partial charge in [-0.1, -0.05) is 69.2 Å². The molecule has 2 aromatic carbocycles. The van der Waals surface area contributed by atoms with Crippen molar-refractivity contribution in [3.8, 4) is 0 Å². The van der Waals surface area contributed by atoms with Gasteiger partial charge in [-0.05, 0) is 37.0 Å². The molecule has 0 aromatic heterocycles. The maximum absolute atomic E-state index is 3.21. The van der Waals surface area contributed by atoms with Gasteiger partial charge in [0.05, 0.1) is 0 Å². The average molecular weight is 500 g/mol. The molecule has 0 saturated carbocycles. The van der Waals surface area contributed by atoms with Gasteiger partial charge in [0.2, 0.25) is 0 Å². The summed E-state index contributed by atoms with van der Waals surface area (Å²) < 4.78 is 0. The third-order valence-corrected chi connectivity index (χ3v) is 10.7. The number of benzene rings is 2. The topological polar surface area (TPSA) is 0 Å². The number of rotatable bonds is 7. The first-order valence-electron chi connectivity index (χ1n) is 11.5. The van der Waals surface area contributed by atoms with Gasteiger partial charge in [-0.3, -0.25) is 0 Å². The van der Waals surface area contributed by atoms with Crippen LogP contribution in [-0.4, -0.2) is 37.0 Å². The van der Waals surface area contributed by atoms with Crippen molar-refractivity contribution in [2.24, 2.45) is 0 Å². The second-order valence-corrected chi connectivity index (χ2v) is 14.2. The van der Waals surface area contributed by atoms with Crippen LogP contribution in [0.2, 0.25) is 0 Å². The third kappa shape index (κ3) is 17.0. The van der Waals surface area contributed by atoms with Crippen LogP contribution >= 0.6 is 15.8 Å². The zero-order valence-electron chi connectivity index (χ0n) is 21.8. The summed E-state index contributed by atoms with van der Waals surface area (Å²) in [4.78, 5) is 0. The van der Waals surface area contributed by atoms with E-state index in [-0.39, 0.29) is 17.1 Å². The van der Waals surface area contributed by atoms with Gasteiger partial charge in [-0.2, -0.15) is 69.8 Å². The van der Waals surface area contributed by atoms with Crippen LogP contribution in [0.15, 0.2) is 24.3 Å². The van der Waals surface area contributed by atoms with Crippen molar-refractivity contribution in [3.05, 3.63) is 69.8 Å². The fourth-order valence-electron chi connectivity index (χ4n) is 3.58. The predicted molar refractivity (Wildman–Crippen MR) is 145 cm³/mol. The minimum absolute atomic E-state index is 0. The van der Waals surface area contributed by atoms with Gasteiger partial charge in [0.1, 0.15) is 0 Å². The fraction of sp³-hybridized carbons (Fsp3) is 0.571. The second kappa shape index (κ2) is 19.3. The predicted octanol–water partition coefficient (Wildman–Crippen LogP) is 8.85. The van der Waals surface area contributed by atoms with Crippen molar-refractivity contribution in [2.75, 3.05) is 37.0 Å². The molecule has 0 N–H and O–H groups in total. The Morgan fingerprint density at radius 3 is 0.903 bits per heavy atom. The summed E-state index contributed by atoms with van der Waals surface area (Å²) in [6.45, 7) is 21.9. The number of hydrogen-bond donors (Lipinski definition) is 0. The van der Waals surface area contributed by atoms with Crippen LogP contribution in [0.4, 0.5) is 0 Å². The normalized spacial score (nSPS) is 10.1. The van der Waals surface area contributed by atoms with Crippen LogP contribution in [0, 0.1) is 53.7 Å². The zero-order chi connectivity index (χ0) is 23.1. The van der Waals surface area contributed by atoms with Crippen molar-refractivity contribution in [1.29, 1.82) is 0 Å². The van der Waals surface area contributed by atoms with E-state index < -0.39 is 0 Å². The molecule has 0 unspecified atom stereocenters. The van der Waals surface area contributed by atoms with Crippen LogP contribution < -0.4 is 0 Å². The van der Waals surface area contributed by atoms with Gasteiger partial charge < -0.3 is 0 Å². The Hall–Kier alpha value is -0.181. The Morgan fingerprint density at radius 1 is 0.516 bits per heavy atom. The van der Waals surface area contributed by atoms with Crippen molar-refractivity contribution < 1.29 is 17.1 Å². The SMILES string of the molecule is CCP(CC)CCP(CC)CC.Cc1[c-]c(C)cc(C)c1.Cc1[c-]c(C)cc(C)c1.[Fe+2]. The molecule has 3 heteroatoms. The molecule has 0 radical (unpaired) electrons. The summed E-state index contributed by atoms with van der Waals surface area (Å²) >= 11 is 0. The van der Waals surface area contributed by atoms with E-state index in [1.807, 2.05) is 0 Å². The molecule has 2 rings (SSSR count). The van der Waals surface area contributed by atoms with Gasteiger partial charge in [0, 0.05) is 0 Å². The Morgan fingerprint density at radius 2 is 0.742 bits per heavy atom. The quantitative estimate of drug-likeness (QED) is 0.202. The first kappa shape index (κ1) is 33.0. The Bertz CT molecular complexity index is 542. The number of aryl methyl sites for hydroxylation is 6. The van der Waals surface area contributed by atoms with E-state index in [2.05, 4.69) is 106 Å². The number of hydrogen-bond acceptors (Lipinski definition) is 0. The molecule has 0 spiro atoms. The van der Waals surface area contributed by atoms with Gasteiger partial charge >= 0.3 is 17.1 Å². The summed E-state index contributed by atoms with van der Waals surface area (Å²) in [5.41, 5.74) is 7.56. The Kier molecular flexibility index (Phi) is 20.5. The van der Waals surface area contributed by atoms with Crippen LogP contribution in [0.25, 0.3) is 0 Å². The van der Waals surface area contributed by atoms with Gasteiger partial charge in [0.25, 0.3) is 0 Å². The van der Waals surface area contributed by atoms with Crippen LogP contribution in [0.1, 0.15) is 61.1 Å². The zero-order valence-corrected chi connectivity index (χ0v) is 24.7. The summed E-state index contributed by atoms with van der Waals surface area (Å²) in [5.74, 6) is 0. The van der Waals surface area contributed by atoms with Crippen LogP contribution in [0.3, 0.4) is 0 Å². The fourth-order valence-corrected chi connectivity index (χ4v) is 8.00. The molecule has 0 atom stereocenters. The van der Waals surface area contributed by atoms with E-state index in [1.54, 1.807) is 12.3 Å². The molecule has 0 saturated heterocycles. The van der Waals surface area contributed by atoms with E-state index in [0.29, 0.717) is 15.8 Å². The molecule has 31 heavy (non-hydrogen) atoms. The van der Waals surface area contributed by atoms with E-state index in [4.69, 9.17) is 0 Å². The van der Waals surface area contributed by atoms with Crippen LogP contribution in [-0.2, 0) is 17.1 Å². The summed E-state index contributed by atoms with van der Waals surface area (Å²) in [6.07, 6.45) is 8.89. The van der Waals surface area contributed by atoms with E-state index in [1.165, 1.54) is 58.0 Å². The standard InChI is InChI=1S/C10H24P2.2C9H11.Fe/c1-5-11(6-2)9-10-12(7-3)8-4;2*1-7-4-8(2)6-9(3)5-7;/h5-10H2,1-4H3;2*4-5H,1-3H3;/q;2*-1;+2. The molecule has 0 fully saturated rings. The van der Waals surface area contributed by atoms with Gasteiger partial charge in [0.15, 0.2) is 0 Å². The molecular formula is C28H46FeP2. The monoisotopic (exact) mass is 500 g/mol. The third-order valence-electron chi connectivity index (χ3n) is 5.09. The van der Waals surface area contributed by atoms with Gasteiger partial charge in [-0.25, -0.2) is 0 Å². The maximum atomic E-state index is 3.21. The van der Waals surface area contributed by atoms with E-state index in [9.17, 15) is 0 Å². The molecule has 0 heterocycles. The first-order valence-corrected chi connectivity index (χ1v) is 15.3. The maximum Gasteiger partial charge on any atom is 2.00 e. The van der Waals surface area contributed by atoms with Crippen molar-refractivity contribution >= 4 is 15.8 Å². The molecule has 0 amide bonds. The van der Waals surface area contributed by atoms with Crippen molar-refractivity contribution in [1.82, 2.24) is 0 Å². The summed E-state index contributed by atoms with van der Waals surface area (Å²) in [6, 6.07) is 14.9. The molecule has 0 bridgehead atoms. The molecule has 176 valence electrons. The molecule has 0 aliphatic heterocycles. The Labute approximate surface area is 208 Å². The molecule has 2 aromatic rings. The van der Waals surface area contributed by atoms with E-state index >= 15 is 0 Å². The summed E-state index contributed by atoms with van der Waals surface area (Å²) in [5, 5.41) is 0.